The molecule has 0 bridgehead atoms. The van der Waals surface area contributed by atoms with Gasteiger partial charge in [0.15, 0.2) is 5.96 Å². The Balaban J connectivity index is 0.00000529. The van der Waals surface area contributed by atoms with Crippen molar-refractivity contribution in [3.8, 4) is 5.75 Å². The van der Waals surface area contributed by atoms with Gasteiger partial charge in [-0.15, -0.1) is 24.0 Å². The van der Waals surface area contributed by atoms with E-state index in [1.165, 1.54) is 7.11 Å². The summed E-state index contributed by atoms with van der Waals surface area (Å²) < 4.78 is 10.2. The second kappa shape index (κ2) is 15.0. The summed E-state index contributed by atoms with van der Waals surface area (Å²) in [5.41, 5.74) is 0. The molecule has 1 aromatic rings. The molecule has 6 nitrogen and oxygen atoms in total. The Labute approximate surface area is 161 Å². The number of carbonyl (C=O) groups excluding carboxylic acids is 1. The summed E-state index contributed by atoms with van der Waals surface area (Å²) >= 11 is 0. The van der Waals surface area contributed by atoms with E-state index in [4.69, 9.17) is 4.74 Å². The van der Waals surface area contributed by atoms with Crippen LogP contribution in [0.3, 0.4) is 0 Å². The highest BCUT2D eigenvalue weighted by molar-refractivity contribution is 14.0. The normalized spacial score (nSPS) is 10.5. The van der Waals surface area contributed by atoms with Crippen molar-refractivity contribution in [3.05, 3.63) is 30.3 Å². The molecule has 0 aliphatic heterocycles. The maximum atomic E-state index is 11.0. The first-order valence-electron chi connectivity index (χ1n) is 8.03. The van der Waals surface area contributed by atoms with E-state index in [2.05, 4.69) is 20.4 Å². The maximum Gasteiger partial charge on any atom is 0.305 e. The highest BCUT2D eigenvalue weighted by Crippen LogP contribution is 2.07. The van der Waals surface area contributed by atoms with E-state index in [1.807, 2.05) is 37.3 Å². The van der Waals surface area contributed by atoms with E-state index >= 15 is 0 Å². The first kappa shape index (κ1) is 22.5. The standard InChI is InChI=1S/C17H27N3O3.HI/c1-3-18-17(19-12-8-7-11-16(21)22-2)20-13-14-23-15-9-5-4-6-10-15;/h4-6,9-10H,3,7-8,11-14H2,1-2H3,(H2,18,19,20);1H. The van der Waals surface area contributed by atoms with Crippen molar-refractivity contribution in [3.63, 3.8) is 0 Å². The van der Waals surface area contributed by atoms with Crippen LogP contribution in [0.5, 0.6) is 5.75 Å². The maximum absolute atomic E-state index is 11.0. The number of benzene rings is 1. The average molecular weight is 449 g/mol. The number of nitrogens with zero attached hydrogens (tertiary/aromatic N) is 1. The van der Waals surface area contributed by atoms with Gasteiger partial charge in [0.25, 0.3) is 0 Å². The van der Waals surface area contributed by atoms with Crippen LogP contribution >= 0.6 is 24.0 Å². The van der Waals surface area contributed by atoms with Crippen LogP contribution in [0, 0.1) is 0 Å². The number of ether oxygens (including phenoxy) is 2. The molecule has 1 aromatic carbocycles. The van der Waals surface area contributed by atoms with Crippen LogP contribution in [-0.2, 0) is 9.53 Å². The summed E-state index contributed by atoms with van der Waals surface area (Å²) in [6.07, 6.45) is 2.08. The zero-order chi connectivity index (χ0) is 16.8. The Morgan fingerprint density at radius 3 is 2.58 bits per heavy atom. The van der Waals surface area contributed by atoms with Gasteiger partial charge in [-0.2, -0.15) is 0 Å². The van der Waals surface area contributed by atoms with E-state index < -0.39 is 0 Å². The Hall–Kier alpha value is -1.51. The van der Waals surface area contributed by atoms with Crippen molar-refractivity contribution in [2.24, 2.45) is 4.99 Å². The van der Waals surface area contributed by atoms with Crippen LogP contribution in [0.15, 0.2) is 35.3 Å². The third-order valence-electron chi connectivity index (χ3n) is 3.04. The van der Waals surface area contributed by atoms with Crippen molar-refractivity contribution in [2.45, 2.75) is 26.2 Å². The fourth-order valence-electron chi connectivity index (χ4n) is 1.87. The number of nitrogens with one attached hydrogen (secondary N) is 2. The lowest BCUT2D eigenvalue weighted by Gasteiger charge is -2.12. The molecule has 0 aliphatic carbocycles. The predicted molar refractivity (Wildman–Crippen MR) is 107 cm³/mol. The second-order valence-electron chi connectivity index (χ2n) is 4.88. The zero-order valence-electron chi connectivity index (χ0n) is 14.4. The Morgan fingerprint density at radius 1 is 1.17 bits per heavy atom. The van der Waals surface area contributed by atoms with Crippen molar-refractivity contribution in [2.75, 3.05) is 33.4 Å². The molecular weight excluding hydrogens is 421 g/mol. The van der Waals surface area contributed by atoms with Crippen molar-refractivity contribution in [1.29, 1.82) is 0 Å². The second-order valence-corrected chi connectivity index (χ2v) is 4.88. The zero-order valence-corrected chi connectivity index (χ0v) is 16.7. The van der Waals surface area contributed by atoms with Gasteiger partial charge in [-0.3, -0.25) is 9.79 Å². The predicted octanol–water partition coefficient (Wildman–Crippen LogP) is 2.58. The molecule has 0 heterocycles. The molecule has 0 fully saturated rings. The fraction of sp³-hybridized carbons (Fsp3) is 0.529. The highest BCUT2D eigenvalue weighted by atomic mass is 127. The Morgan fingerprint density at radius 2 is 1.92 bits per heavy atom. The summed E-state index contributed by atoms with van der Waals surface area (Å²) in [6, 6.07) is 9.72. The van der Waals surface area contributed by atoms with E-state index in [0.717, 1.165) is 31.1 Å². The molecule has 0 aromatic heterocycles. The van der Waals surface area contributed by atoms with Gasteiger partial charge in [0.2, 0.25) is 0 Å². The molecule has 0 radical (unpaired) electrons. The van der Waals surface area contributed by atoms with Gasteiger partial charge in [0.05, 0.1) is 13.7 Å². The van der Waals surface area contributed by atoms with E-state index in [0.29, 0.717) is 26.1 Å². The van der Waals surface area contributed by atoms with E-state index in [9.17, 15) is 4.79 Å². The smallest absolute Gasteiger partial charge is 0.305 e. The minimum absolute atomic E-state index is 0. The molecule has 1 rings (SSSR count). The van der Waals surface area contributed by atoms with Crippen molar-refractivity contribution < 1.29 is 14.3 Å². The van der Waals surface area contributed by atoms with Crippen LogP contribution in [0.25, 0.3) is 0 Å². The van der Waals surface area contributed by atoms with Crippen LogP contribution in [-0.4, -0.2) is 45.3 Å². The quantitative estimate of drug-likeness (QED) is 0.189. The largest absolute Gasteiger partial charge is 0.492 e. The highest BCUT2D eigenvalue weighted by Gasteiger charge is 2.00. The fourth-order valence-corrected chi connectivity index (χ4v) is 1.87. The monoisotopic (exact) mass is 449 g/mol. The van der Waals surface area contributed by atoms with E-state index in [-0.39, 0.29) is 29.9 Å². The van der Waals surface area contributed by atoms with Crippen molar-refractivity contribution in [1.82, 2.24) is 10.6 Å². The van der Waals surface area contributed by atoms with Crippen molar-refractivity contribution >= 4 is 35.9 Å². The summed E-state index contributed by atoms with van der Waals surface area (Å²) in [7, 11) is 1.41. The van der Waals surface area contributed by atoms with Crippen LogP contribution < -0.4 is 15.4 Å². The number of halogens is 1. The number of aliphatic imine (C=N–C) groups is 1. The molecular formula is C17H28IN3O3. The molecule has 0 aliphatic rings. The van der Waals surface area contributed by atoms with Gasteiger partial charge in [-0.1, -0.05) is 18.2 Å². The lowest BCUT2D eigenvalue weighted by molar-refractivity contribution is -0.140. The number of hydrogen-bond acceptors (Lipinski definition) is 4. The van der Waals surface area contributed by atoms with Crippen LogP contribution in [0.2, 0.25) is 0 Å². The number of esters is 1. The van der Waals surface area contributed by atoms with Gasteiger partial charge in [-0.25, -0.2) is 0 Å². The summed E-state index contributed by atoms with van der Waals surface area (Å²) in [4.78, 5) is 15.5. The lowest BCUT2D eigenvalue weighted by Crippen LogP contribution is -2.39. The molecule has 0 unspecified atom stereocenters. The number of para-hydroxylation sites is 1. The number of guanidine groups is 1. The Kier molecular flexibility index (Phi) is 14.1. The SMILES string of the molecule is CCNC(=NCCCCC(=O)OC)NCCOc1ccccc1.I. The molecule has 0 spiro atoms. The first-order chi connectivity index (χ1) is 11.3. The van der Waals surface area contributed by atoms with Gasteiger partial charge in [-0.05, 0) is 31.9 Å². The first-order valence-corrected chi connectivity index (χ1v) is 8.03. The molecule has 0 saturated heterocycles. The summed E-state index contributed by atoms with van der Waals surface area (Å²) in [5, 5.41) is 6.41. The van der Waals surface area contributed by atoms with Gasteiger partial charge >= 0.3 is 5.97 Å². The molecule has 0 amide bonds. The number of rotatable bonds is 10. The summed E-state index contributed by atoms with van der Waals surface area (Å²) in [5.74, 6) is 1.46. The number of methoxy groups -OCH3 is 1. The topological polar surface area (TPSA) is 72.0 Å². The minimum atomic E-state index is -0.169. The molecule has 0 atom stereocenters. The summed E-state index contributed by atoms with van der Waals surface area (Å²) in [6.45, 7) is 4.73. The number of carbonyl (C=O) groups is 1. The van der Waals surface area contributed by atoms with Gasteiger partial charge < -0.3 is 20.1 Å². The van der Waals surface area contributed by atoms with Gasteiger partial charge in [0, 0.05) is 19.5 Å². The third kappa shape index (κ3) is 11.1. The van der Waals surface area contributed by atoms with Gasteiger partial charge in [0.1, 0.15) is 12.4 Å². The third-order valence-corrected chi connectivity index (χ3v) is 3.04. The Bertz CT molecular complexity index is 469. The van der Waals surface area contributed by atoms with E-state index in [1.54, 1.807) is 0 Å². The molecule has 0 saturated carbocycles. The number of hydrogen-bond donors (Lipinski definition) is 2. The minimum Gasteiger partial charge on any atom is -0.492 e. The average Bonchev–Trinajstić information content (AvgIpc) is 2.58. The number of unbranched alkanes of at least 4 members (excludes halogenated alkanes) is 1. The molecule has 7 heteroatoms. The molecule has 136 valence electrons. The van der Waals surface area contributed by atoms with Crippen LogP contribution in [0.1, 0.15) is 26.2 Å². The van der Waals surface area contributed by atoms with Crippen LogP contribution in [0.4, 0.5) is 0 Å². The lowest BCUT2D eigenvalue weighted by atomic mass is 10.2. The molecule has 2 N–H and O–H groups in total. The molecule has 24 heavy (non-hydrogen) atoms.